The van der Waals surface area contributed by atoms with Gasteiger partial charge < -0.3 is 5.32 Å². The van der Waals surface area contributed by atoms with Gasteiger partial charge >= 0.3 is 0 Å². The number of rotatable bonds is 4. The second kappa shape index (κ2) is 8.77. The monoisotopic (exact) mass is 395 g/mol. The maximum absolute atomic E-state index is 12.8. The van der Waals surface area contributed by atoms with Crippen molar-refractivity contribution in [2.75, 3.05) is 26.2 Å². The first-order valence-electron chi connectivity index (χ1n) is 12.1. The van der Waals surface area contributed by atoms with Crippen molar-refractivity contribution in [1.82, 2.24) is 15.1 Å². The minimum absolute atomic E-state index is 0.215. The van der Waals surface area contributed by atoms with Gasteiger partial charge in [0.15, 0.2) is 0 Å². The molecule has 1 atom stereocenters. The zero-order valence-electron chi connectivity index (χ0n) is 17.8. The van der Waals surface area contributed by atoms with Crippen LogP contribution in [-0.2, 0) is 17.6 Å². The molecule has 1 aromatic carbocycles. The third kappa shape index (κ3) is 4.39. The maximum Gasteiger partial charge on any atom is 0.224 e. The van der Waals surface area contributed by atoms with E-state index in [1.54, 1.807) is 11.1 Å². The largest absolute Gasteiger partial charge is 0.353 e. The predicted octanol–water partition coefficient (Wildman–Crippen LogP) is 3.39. The molecule has 158 valence electrons. The molecule has 2 saturated heterocycles. The third-order valence-electron chi connectivity index (χ3n) is 8.09. The maximum atomic E-state index is 12.8. The second-order valence-electron chi connectivity index (χ2n) is 9.92. The fourth-order valence-corrected chi connectivity index (χ4v) is 6.35. The summed E-state index contributed by atoms with van der Waals surface area (Å²) in [5, 5.41) is 3.35. The molecular weight excluding hydrogens is 358 g/mol. The Labute approximate surface area is 176 Å². The lowest BCUT2D eigenvalue weighted by Gasteiger charge is -2.43. The number of carbonyl (C=O) groups is 1. The van der Waals surface area contributed by atoms with E-state index in [-0.39, 0.29) is 5.92 Å². The predicted molar refractivity (Wildman–Crippen MR) is 117 cm³/mol. The van der Waals surface area contributed by atoms with Crippen LogP contribution in [0.5, 0.6) is 0 Å². The van der Waals surface area contributed by atoms with Gasteiger partial charge in [0.05, 0.1) is 5.92 Å². The minimum atomic E-state index is 0.215. The lowest BCUT2D eigenvalue weighted by molar-refractivity contribution is -0.127. The number of carbonyl (C=O) groups excluding carboxylic acids is 1. The first-order chi connectivity index (χ1) is 14.3. The molecule has 5 rings (SSSR count). The Morgan fingerprint density at radius 1 is 0.793 bits per heavy atom. The number of piperidine rings is 2. The van der Waals surface area contributed by atoms with Crippen LogP contribution in [0.3, 0.4) is 0 Å². The molecule has 1 unspecified atom stereocenters. The molecule has 1 N–H and O–H groups in total. The SMILES string of the molecule is O=C(NC1CCCC1)C1CCCN(C2CCN(C3Cc4ccccc4C3)CC2)C1. The van der Waals surface area contributed by atoms with E-state index in [9.17, 15) is 4.79 Å². The van der Waals surface area contributed by atoms with Crippen molar-refractivity contribution in [3.05, 3.63) is 35.4 Å². The molecule has 1 saturated carbocycles. The van der Waals surface area contributed by atoms with E-state index in [0.29, 0.717) is 24.0 Å². The summed E-state index contributed by atoms with van der Waals surface area (Å²) in [6.07, 6.45) is 12.2. The van der Waals surface area contributed by atoms with Gasteiger partial charge in [-0.3, -0.25) is 14.6 Å². The van der Waals surface area contributed by atoms with Gasteiger partial charge in [0.1, 0.15) is 0 Å². The van der Waals surface area contributed by atoms with Crippen LogP contribution in [0.25, 0.3) is 0 Å². The molecule has 1 aromatic rings. The number of likely N-dealkylation sites (tertiary alicyclic amines) is 2. The van der Waals surface area contributed by atoms with E-state index in [1.165, 1.54) is 77.4 Å². The summed E-state index contributed by atoms with van der Waals surface area (Å²) in [7, 11) is 0. The molecular formula is C25H37N3O. The number of nitrogens with zero attached hydrogens (tertiary/aromatic N) is 2. The number of nitrogens with one attached hydrogen (secondary N) is 1. The number of hydrogen-bond acceptors (Lipinski definition) is 3. The highest BCUT2D eigenvalue weighted by atomic mass is 16.2. The Morgan fingerprint density at radius 2 is 1.48 bits per heavy atom. The Kier molecular flexibility index (Phi) is 5.92. The van der Waals surface area contributed by atoms with Crippen LogP contribution in [0.15, 0.2) is 24.3 Å². The van der Waals surface area contributed by atoms with Crippen molar-refractivity contribution in [3.8, 4) is 0 Å². The molecule has 3 fully saturated rings. The number of benzene rings is 1. The molecule has 0 bridgehead atoms. The van der Waals surface area contributed by atoms with Gasteiger partial charge in [-0.25, -0.2) is 0 Å². The second-order valence-corrected chi connectivity index (χ2v) is 9.92. The average molecular weight is 396 g/mol. The molecule has 1 amide bonds. The van der Waals surface area contributed by atoms with Crippen LogP contribution in [0, 0.1) is 5.92 Å². The van der Waals surface area contributed by atoms with Crippen LogP contribution >= 0.6 is 0 Å². The van der Waals surface area contributed by atoms with E-state index in [4.69, 9.17) is 0 Å². The standard InChI is InChI=1S/C25H37N3O/c29-25(26-22-9-3-4-10-22)21-8-5-13-28(18-21)23-11-14-27(15-12-23)24-16-19-6-1-2-7-20(19)17-24/h1-2,6-7,21-24H,3-5,8-18H2,(H,26,29). The zero-order valence-corrected chi connectivity index (χ0v) is 17.8. The summed E-state index contributed by atoms with van der Waals surface area (Å²) in [5.74, 6) is 0.550. The highest BCUT2D eigenvalue weighted by Gasteiger charge is 2.35. The van der Waals surface area contributed by atoms with Crippen molar-refractivity contribution in [2.24, 2.45) is 5.92 Å². The first-order valence-corrected chi connectivity index (χ1v) is 12.1. The molecule has 4 aliphatic rings. The van der Waals surface area contributed by atoms with Crippen LogP contribution in [-0.4, -0.2) is 60.0 Å². The molecule has 2 aliphatic carbocycles. The van der Waals surface area contributed by atoms with Gasteiger partial charge in [0.25, 0.3) is 0 Å². The molecule has 0 spiro atoms. The first kappa shape index (κ1) is 19.6. The van der Waals surface area contributed by atoms with Crippen molar-refractivity contribution in [2.45, 2.75) is 82.3 Å². The van der Waals surface area contributed by atoms with Crippen LogP contribution in [0.1, 0.15) is 62.5 Å². The van der Waals surface area contributed by atoms with Gasteiger partial charge in [0, 0.05) is 24.7 Å². The molecule has 2 aliphatic heterocycles. The van der Waals surface area contributed by atoms with Crippen molar-refractivity contribution in [1.29, 1.82) is 0 Å². The number of amides is 1. The van der Waals surface area contributed by atoms with Crippen molar-refractivity contribution < 1.29 is 4.79 Å². The van der Waals surface area contributed by atoms with Gasteiger partial charge in [-0.15, -0.1) is 0 Å². The quantitative estimate of drug-likeness (QED) is 0.849. The normalized spacial score (nSPS) is 27.9. The minimum Gasteiger partial charge on any atom is -0.353 e. The Balaban J connectivity index is 1.11. The van der Waals surface area contributed by atoms with Crippen LogP contribution < -0.4 is 5.32 Å². The summed E-state index contributed by atoms with van der Waals surface area (Å²) >= 11 is 0. The van der Waals surface area contributed by atoms with E-state index in [0.717, 1.165) is 13.0 Å². The van der Waals surface area contributed by atoms with Gasteiger partial charge in [-0.2, -0.15) is 0 Å². The molecule has 2 heterocycles. The summed E-state index contributed by atoms with van der Waals surface area (Å²) in [6, 6.07) is 10.8. The lowest BCUT2D eigenvalue weighted by atomic mass is 9.92. The summed E-state index contributed by atoms with van der Waals surface area (Å²) in [4.78, 5) is 18.2. The Morgan fingerprint density at radius 3 is 2.17 bits per heavy atom. The molecule has 0 aromatic heterocycles. The third-order valence-corrected chi connectivity index (χ3v) is 8.09. The summed E-state index contributed by atoms with van der Waals surface area (Å²) in [5.41, 5.74) is 3.12. The van der Waals surface area contributed by atoms with E-state index in [1.807, 2.05) is 0 Å². The molecule has 29 heavy (non-hydrogen) atoms. The molecule has 0 radical (unpaired) electrons. The van der Waals surface area contributed by atoms with Gasteiger partial charge in [0.2, 0.25) is 5.91 Å². The van der Waals surface area contributed by atoms with Crippen LogP contribution in [0.2, 0.25) is 0 Å². The smallest absolute Gasteiger partial charge is 0.224 e. The Bertz CT molecular complexity index is 681. The molecule has 4 heteroatoms. The topological polar surface area (TPSA) is 35.6 Å². The van der Waals surface area contributed by atoms with Gasteiger partial charge in [-0.1, -0.05) is 37.1 Å². The van der Waals surface area contributed by atoms with E-state index >= 15 is 0 Å². The zero-order chi connectivity index (χ0) is 19.6. The fourth-order valence-electron chi connectivity index (χ4n) is 6.35. The summed E-state index contributed by atoms with van der Waals surface area (Å²) in [6.45, 7) is 4.61. The fraction of sp³-hybridized carbons (Fsp3) is 0.720. The Hall–Kier alpha value is -1.39. The lowest BCUT2D eigenvalue weighted by Crippen LogP contribution is -2.52. The average Bonchev–Trinajstić information content (AvgIpc) is 3.43. The van der Waals surface area contributed by atoms with E-state index in [2.05, 4.69) is 39.4 Å². The number of hydrogen-bond donors (Lipinski definition) is 1. The highest BCUT2D eigenvalue weighted by Crippen LogP contribution is 2.30. The molecule has 4 nitrogen and oxygen atoms in total. The van der Waals surface area contributed by atoms with Crippen LogP contribution in [0.4, 0.5) is 0 Å². The summed E-state index contributed by atoms with van der Waals surface area (Å²) < 4.78 is 0. The van der Waals surface area contributed by atoms with E-state index < -0.39 is 0 Å². The van der Waals surface area contributed by atoms with Gasteiger partial charge in [-0.05, 0) is 82.1 Å². The number of fused-ring (bicyclic) bond motifs is 1. The van der Waals surface area contributed by atoms with Crippen molar-refractivity contribution in [3.63, 3.8) is 0 Å². The highest BCUT2D eigenvalue weighted by molar-refractivity contribution is 5.79. The van der Waals surface area contributed by atoms with Crippen molar-refractivity contribution >= 4 is 5.91 Å².